The van der Waals surface area contributed by atoms with Gasteiger partial charge in [-0.3, -0.25) is 4.79 Å². The van der Waals surface area contributed by atoms with Crippen LogP contribution >= 0.6 is 0 Å². The molecule has 3 rings (SSSR count). The monoisotopic (exact) mass is 309 g/mol. The second kappa shape index (κ2) is 6.24. The van der Waals surface area contributed by atoms with Crippen molar-refractivity contribution in [1.29, 1.82) is 0 Å². The molecule has 0 heterocycles. The summed E-state index contributed by atoms with van der Waals surface area (Å²) >= 11 is 0. The average Bonchev–Trinajstić information content (AvgIpc) is 3.41. The van der Waals surface area contributed by atoms with Gasteiger partial charge in [0.1, 0.15) is 0 Å². The quantitative estimate of drug-likeness (QED) is 0.913. The smallest absolute Gasteiger partial charge is 0.335 e. The first-order valence-electron chi connectivity index (χ1n) is 7.80. The van der Waals surface area contributed by atoms with Gasteiger partial charge in [-0.2, -0.15) is 0 Å². The van der Waals surface area contributed by atoms with E-state index in [1.165, 1.54) is 12.1 Å². The van der Waals surface area contributed by atoms with Crippen LogP contribution < -0.4 is 4.90 Å². The molecule has 4 heteroatoms. The number of anilines is 1. The minimum absolute atomic E-state index is 0.0957. The molecule has 1 aliphatic rings. The van der Waals surface area contributed by atoms with E-state index in [1.54, 1.807) is 17.0 Å². The van der Waals surface area contributed by atoms with Gasteiger partial charge in [0, 0.05) is 17.3 Å². The lowest BCUT2D eigenvalue weighted by Crippen LogP contribution is -2.40. The SMILES string of the molecule is C[C@@H](C1CC1)N(C(=O)c1cccc(C(=O)O)c1)c1ccccc1. The van der Waals surface area contributed by atoms with Crippen LogP contribution in [0.25, 0.3) is 0 Å². The van der Waals surface area contributed by atoms with Crippen LogP contribution in [0.15, 0.2) is 54.6 Å². The summed E-state index contributed by atoms with van der Waals surface area (Å²) < 4.78 is 0. The predicted molar refractivity (Wildman–Crippen MR) is 88.8 cm³/mol. The lowest BCUT2D eigenvalue weighted by molar-refractivity contribution is 0.0697. The fourth-order valence-electron chi connectivity index (χ4n) is 2.84. The predicted octanol–water partition coefficient (Wildman–Crippen LogP) is 3.83. The first kappa shape index (κ1) is 15.3. The largest absolute Gasteiger partial charge is 0.478 e. The van der Waals surface area contributed by atoms with E-state index < -0.39 is 5.97 Å². The van der Waals surface area contributed by atoms with Gasteiger partial charge in [0.25, 0.3) is 5.91 Å². The van der Waals surface area contributed by atoms with Crippen molar-refractivity contribution in [2.75, 3.05) is 4.90 Å². The van der Waals surface area contributed by atoms with Crippen LogP contribution in [-0.2, 0) is 0 Å². The molecule has 23 heavy (non-hydrogen) atoms. The molecule has 0 aromatic heterocycles. The Kier molecular flexibility index (Phi) is 4.15. The standard InChI is InChI=1S/C19H19NO3/c1-13(14-10-11-14)20(17-8-3-2-4-9-17)18(21)15-6-5-7-16(12-15)19(22)23/h2-9,12-14H,10-11H2,1H3,(H,22,23)/t13-/m0/s1. The molecule has 118 valence electrons. The lowest BCUT2D eigenvalue weighted by Gasteiger charge is -2.29. The van der Waals surface area contributed by atoms with E-state index in [2.05, 4.69) is 6.92 Å². The van der Waals surface area contributed by atoms with Gasteiger partial charge in [-0.25, -0.2) is 4.79 Å². The van der Waals surface area contributed by atoms with E-state index in [0.29, 0.717) is 11.5 Å². The zero-order valence-corrected chi connectivity index (χ0v) is 13.0. The van der Waals surface area contributed by atoms with Crippen molar-refractivity contribution in [3.05, 3.63) is 65.7 Å². The van der Waals surface area contributed by atoms with E-state index in [4.69, 9.17) is 5.11 Å². The van der Waals surface area contributed by atoms with Crippen LogP contribution in [0.3, 0.4) is 0 Å². The van der Waals surface area contributed by atoms with Gasteiger partial charge < -0.3 is 10.0 Å². The van der Waals surface area contributed by atoms with Crippen LogP contribution in [0.2, 0.25) is 0 Å². The first-order valence-corrected chi connectivity index (χ1v) is 7.80. The highest BCUT2D eigenvalue weighted by molar-refractivity contribution is 6.07. The number of para-hydroxylation sites is 1. The fourth-order valence-corrected chi connectivity index (χ4v) is 2.84. The second-order valence-electron chi connectivity index (χ2n) is 5.97. The molecule has 0 spiro atoms. The molecule has 2 aromatic rings. The third-order valence-electron chi connectivity index (χ3n) is 4.32. The van der Waals surface area contributed by atoms with Gasteiger partial charge in [-0.05, 0) is 56.0 Å². The van der Waals surface area contributed by atoms with Crippen LogP contribution in [-0.4, -0.2) is 23.0 Å². The Morgan fingerprint density at radius 2 is 1.70 bits per heavy atom. The molecule has 0 radical (unpaired) electrons. The lowest BCUT2D eigenvalue weighted by atomic mass is 10.1. The maximum atomic E-state index is 13.0. The van der Waals surface area contributed by atoms with Crippen LogP contribution in [0.5, 0.6) is 0 Å². The summed E-state index contributed by atoms with van der Waals surface area (Å²) in [6.07, 6.45) is 2.26. The number of hydrogen-bond donors (Lipinski definition) is 1. The minimum atomic E-state index is -1.03. The molecule has 1 N–H and O–H groups in total. The molecule has 0 bridgehead atoms. The van der Waals surface area contributed by atoms with E-state index in [1.807, 2.05) is 30.3 Å². The van der Waals surface area contributed by atoms with Crippen molar-refractivity contribution < 1.29 is 14.7 Å². The number of carbonyl (C=O) groups excluding carboxylic acids is 1. The van der Waals surface area contributed by atoms with Crippen molar-refractivity contribution in [1.82, 2.24) is 0 Å². The van der Waals surface area contributed by atoms with Gasteiger partial charge in [0.15, 0.2) is 0 Å². The highest BCUT2D eigenvalue weighted by Crippen LogP contribution is 2.37. The van der Waals surface area contributed by atoms with Crippen molar-refractivity contribution in [3.63, 3.8) is 0 Å². The Labute approximate surface area is 135 Å². The maximum absolute atomic E-state index is 13.0. The van der Waals surface area contributed by atoms with E-state index in [0.717, 1.165) is 18.5 Å². The molecule has 0 saturated heterocycles. The molecule has 0 aliphatic heterocycles. The fraction of sp³-hybridized carbons (Fsp3) is 0.263. The summed E-state index contributed by atoms with van der Waals surface area (Å²) in [7, 11) is 0. The number of aromatic carboxylic acids is 1. The molecule has 4 nitrogen and oxygen atoms in total. The average molecular weight is 309 g/mol. The molecule has 1 fully saturated rings. The third kappa shape index (κ3) is 3.26. The Bertz CT molecular complexity index is 722. The van der Waals surface area contributed by atoms with Gasteiger partial charge >= 0.3 is 5.97 Å². The summed E-state index contributed by atoms with van der Waals surface area (Å²) in [4.78, 5) is 26.0. The van der Waals surface area contributed by atoms with E-state index in [9.17, 15) is 9.59 Å². The van der Waals surface area contributed by atoms with Crippen LogP contribution in [0, 0.1) is 5.92 Å². The molecular weight excluding hydrogens is 290 g/mol. The van der Waals surface area contributed by atoms with Crippen molar-refractivity contribution in [3.8, 4) is 0 Å². The summed E-state index contributed by atoms with van der Waals surface area (Å²) in [5, 5.41) is 9.13. The molecule has 0 unspecified atom stereocenters. The van der Waals surface area contributed by atoms with E-state index in [-0.39, 0.29) is 17.5 Å². The molecular formula is C19H19NO3. The molecule has 2 aromatic carbocycles. The zero-order valence-electron chi connectivity index (χ0n) is 13.0. The topological polar surface area (TPSA) is 57.6 Å². The van der Waals surface area contributed by atoms with Gasteiger partial charge in [0.2, 0.25) is 0 Å². The van der Waals surface area contributed by atoms with Gasteiger partial charge in [-0.15, -0.1) is 0 Å². The molecule has 1 amide bonds. The number of nitrogens with zero attached hydrogens (tertiary/aromatic N) is 1. The third-order valence-corrected chi connectivity index (χ3v) is 4.32. The Balaban J connectivity index is 1.97. The first-order chi connectivity index (χ1) is 11.1. The van der Waals surface area contributed by atoms with E-state index >= 15 is 0 Å². The number of hydrogen-bond acceptors (Lipinski definition) is 2. The normalized spacial score (nSPS) is 15.0. The number of rotatable bonds is 5. The molecule has 1 saturated carbocycles. The summed E-state index contributed by atoms with van der Waals surface area (Å²) in [6.45, 7) is 2.06. The molecule has 1 aliphatic carbocycles. The second-order valence-corrected chi connectivity index (χ2v) is 5.97. The summed E-state index contributed by atoms with van der Waals surface area (Å²) in [5.74, 6) is -0.665. The highest BCUT2D eigenvalue weighted by atomic mass is 16.4. The van der Waals surface area contributed by atoms with Crippen molar-refractivity contribution in [2.24, 2.45) is 5.92 Å². The van der Waals surface area contributed by atoms with Gasteiger partial charge in [0.05, 0.1) is 5.56 Å². The summed E-state index contributed by atoms with van der Waals surface area (Å²) in [5.41, 5.74) is 1.38. The number of carboxylic acid groups (broad SMARTS) is 1. The minimum Gasteiger partial charge on any atom is -0.478 e. The number of benzene rings is 2. The van der Waals surface area contributed by atoms with Crippen molar-refractivity contribution >= 4 is 17.6 Å². The van der Waals surface area contributed by atoms with Gasteiger partial charge in [-0.1, -0.05) is 24.3 Å². The maximum Gasteiger partial charge on any atom is 0.335 e. The van der Waals surface area contributed by atoms with Crippen LogP contribution in [0.4, 0.5) is 5.69 Å². The Morgan fingerprint density at radius 1 is 1.04 bits per heavy atom. The number of amides is 1. The van der Waals surface area contributed by atoms with Crippen LogP contribution in [0.1, 0.15) is 40.5 Å². The Morgan fingerprint density at radius 3 is 2.30 bits per heavy atom. The number of carbonyl (C=O) groups is 2. The molecule has 1 atom stereocenters. The summed E-state index contributed by atoms with van der Waals surface area (Å²) in [6, 6.07) is 15.9. The zero-order chi connectivity index (χ0) is 16.4. The highest BCUT2D eigenvalue weighted by Gasteiger charge is 2.35. The number of carboxylic acids is 1. The Hall–Kier alpha value is -2.62. The van der Waals surface area contributed by atoms with Crippen molar-refractivity contribution in [2.45, 2.75) is 25.8 Å².